The van der Waals surface area contributed by atoms with E-state index < -0.39 is 0 Å². The van der Waals surface area contributed by atoms with Crippen molar-refractivity contribution in [2.75, 3.05) is 0 Å². The van der Waals surface area contributed by atoms with Crippen LogP contribution in [-0.4, -0.2) is 20.9 Å². The van der Waals surface area contributed by atoms with Gasteiger partial charge in [0.05, 0.1) is 0 Å². The zero-order valence-corrected chi connectivity index (χ0v) is 32.7. The molecule has 1 radical (unpaired) electrons. The Morgan fingerprint density at radius 2 is 1.43 bits per heavy atom. The van der Waals surface area contributed by atoms with E-state index in [0.717, 1.165) is 64.2 Å². The molecule has 0 aliphatic carbocycles. The fourth-order valence-electron chi connectivity index (χ4n) is 6.01. The number of benzene rings is 4. The summed E-state index contributed by atoms with van der Waals surface area (Å²) in [5, 5.41) is 15.7. The van der Waals surface area contributed by atoms with Gasteiger partial charge in [-0.05, 0) is 59.6 Å². The van der Waals surface area contributed by atoms with Gasteiger partial charge in [0.2, 0.25) is 0 Å². The number of allylic oxidation sites excluding steroid dienone is 2. The molecule has 49 heavy (non-hydrogen) atoms. The molecule has 2 aromatic heterocycles. The second-order valence-electron chi connectivity index (χ2n) is 14.5. The van der Waals surface area contributed by atoms with E-state index >= 15 is 0 Å². The number of aliphatic hydroxyl groups is 1. The van der Waals surface area contributed by atoms with Crippen LogP contribution in [0.3, 0.4) is 0 Å². The second-order valence-corrected chi connectivity index (χ2v) is 14.5. The molecule has 0 saturated heterocycles. The number of ketones is 1. The number of aliphatic hydroxyl groups excluding tert-OH is 1. The molecule has 0 aliphatic rings. The van der Waals surface area contributed by atoms with E-state index in [0.29, 0.717) is 5.58 Å². The van der Waals surface area contributed by atoms with Crippen molar-refractivity contribution in [3.8, 4) is 11.3 Å². The van der Waals surface area contributed by atoms with Gasteiger partial charge in [0.15, 0.2) is 5.78 Å². The Bertz CT molecular complexity index is 2130. The zero-order valence-electron chi connectivity index (χ0n) is 30.3. The number of carbonyl (C=O) groups is 1. The number of furan rings is 1. The van der Waals surface area contributed by atoms with Crippen LogP contribution in [0.5, 0.6) is 0 Å². The average Bonchev–Trinajstić information content (AvgIpc) is 3.46. The summed E-state index contributed by atoms with van der Waals surface area (Å²) < 4.78 is 6.33. The van der Waals surface area contributed by atoms with Gasteiger partial charge < -0.3 is 9.52 Å². The molecule has 0 bridgehead atoms. The quantitative estimate of drug-likeness (QED) is 0.0939. The summed E-state index contributed by atoms with van der Waals surface area (Å²) in [6.07, 6.45) is 6.38. The van der Waals surface area contributed by atoms with Crippen molar-refractivity contribution in [3.05, 3.63) is 96.5 Å². The molecule has 0 spiro atoms. The first-order valence-corrected chi connectivity index (χ1v) is 17.3. The largest absolute Gasteiger partial charge is 0.512 e. The molecule has 0 saturated carbocycles. The van der Waals surface area contributed by atoms with E-state index in [9.17, 15) is 9.90 Å². The molecule has 4 aromatic carbocycles. The Labute approximate surface area is 304 Å². The first-order chi connectivity index (χ1) is 22.8. The van der Waals surface area contributed by atoms with Gasteiger partial charge in [0.25, 0.3) is 0 Å². The third kappa shape index (κ3) is 7.51. The number of nitrogens with zero attached hydrogens (tertiary/aromatic N) is 2. The Hall–Kier alpha value is -3.86. The maximum atomic E-state index is 12.2. The molecule has 6 heteroatoms. The molecule has 5 nitrogen and oxygen atoms in total. The first-order valence-electron chi connectivity index (χ1n) is 17.3. The van der Waals surface area contributed by atoms with Crippen molar-refractivity contribution in [1.82, 2.24) is 9.97 Å². The molecule has 0 atom stereocenters. The fourth-order valence-corrected chi connectivity index (χ4v) is 6.01. The molecule has 6 rings (SSSR count). The van der Waals surface area contributed by atoms with Crippen molar-refractivity contribution in [2.24, 2.45) is 10.8 Å². The SMILES string of the molecule is CC(C)(C)c1ccc2c(-c3ncnc4c3oc3cc5ccccc5cc34)[c-]ccc2c1.CCC(C)(CC)C(=O)/C=C(\O)C(C)(CC)CC.[Ir]. The number of fused-ring (bicyclic) bond motifs is 5. The second kappa shape index (κ2) is 14.9. The van der Waals surface area contributed by atoms with E-state index in [4.69, 9.17) is 4.42 Å². The topological polar surface area (TPSA) is 76.2 Å². The third-order valence-electron chi connectivity index (χ3n) is 10.6. The molecular weight excluding hydrogens is 785 g/mol. The minimum absolute atomic E-state index is 0. The standard InChI is InChI=1S/C28H21N2O.C15H28O2.Ir/c1-28(2,3)20-11-12-21-19(13-20)9-6-10-22(21)25-27-26(30-16-29-25)23-14-17-7-4-5-8-18(17)15-24(23)31-27;1-7-14(5,8-2)12(16)11-13(17)15(6,9-3)10-4;/h4-9,11-16H,1-3H3;11,16H,7-10H2,1-6H3;/q-1;;/b;12-11-;. The van der Waals surface area contributed by atoms with E-state index in [-0.39, 0.29) is 47.9 Å². The van der Waals surface area contributed by atoms with Gasteiger partial charge in [-0.25, -0.2) is 4.98 Å². The summed E-state index contributed by atoms with van der Waals surface area (Å²) in [4.78, 5) is 21.4. The molecule has 6 aromatic rings. The van der Waals surface area contributed by atoms with E-state index in [2.05, 4.69) is 85.3 Å². The van der Waals surface area contributed by atoms with Crippen LogP contribution < -0.4 is 0 Å². The van der Waals surface area contributed by atoms with Crippen LogP contribution in [0.15, 0.2) is 89.3 Å². The molecule has 0 unspecified atom stereocenters. The summed E-state index contributed by atoms with van der Waals surface area (Å²) in [6.45, 7) is 18.8. The van der Waals surface area contributed by atoms with Gasteiger partial charge in [0.1, 0.15) is 28.8 Å². The first kappa shape index (κ1) is 37.9. The fraction of sp³-hybridized carbons (Fsp3) is 0.372. The smallest absolute Gasteiger partial charge is 0.164 e. The van der Waals surface area contributed by atoms with Crippen LogP contribution in [0, 0.1) is 16.9 Å². The summed E-state index contributed by atoms with van der Waals surface area (Å²) in [6, 6.07) is 26.6. The third-order valence-corrected chi connectivity index (χ3v) is 10.6. The molecule has 0 aliphatic heterocycles. The molecular formula is C43H49IrN2O3-. The Morgan fingerprint density at radius 3 is 2.04 bits per heavy atom. The summed E-state index contributed by atoms with van der Waals surface area (Å²) in [7, 11) is 0. The summed E-state index contributed by atoms with van der Waals surface area (Å²) in [5.74, 6) is 0.286. The van der Waals surface area contributed by atoms with Crippen LogP contribution >= 0.6 is 0 Å². The number of hydrogen-bond acceptors (Lipinski definition) is 5. The normalized spacial score (nSPS) is 12.6. The van der Waals surface area contributed by atoms with Crippen LogP contribution in [0.4, 0.5) is 0 Å². The van der Waals surface area contributed by atoms with Gasteiger partial charge >= 0.3 is 0 Å². The van der Waals surface area contributed by atoms with Crippen molar-refractivity contribution in [2.45, 2.75) is 93.4 Å². The Morgan fingerprint density at radius 1 is 0.796 bits per heavy atom. The van der Waals surface area contributed by atoms with Crippen LogP contribution in [0.1, 0.15) is 93.6 Å². The molecule has 1 N–H and O–H groups in total. The van der Waals surface area contributed by atoms with E-state index in [1.807, 2.05) is 59.7 Å². The van der Waals surface area contributed by atoms with Crippen LogP contribution in [0.2, 0.25) is 0 Å². The number of carbonyl (C=O) groups excluding carboxylic acids is 1. The van der Waals surface area contributed by atoms with Gasteiger partial charge in [-0.2, -0.15) is 0 Å². The average molecular weight is 834 g/mol. The maximum absolute atomic E-state index is 12.2. The minimum Gasteiger partial charge on any atom is -0.512 e. The van der Waals surface area contributed by atoms with Gasteiger partial charge in [-0.15, -0.1) is 29.1 Å². The Kier molecular flexibility index (Phi) is 11.6. The predicted molar refractivity (Wildman–Crippen MR) is 200 cm³/mol. The van der Waals surface area contributed by atoms with Crippen LogP contribution in [-0.2, 0) is 30.3 Å². The van der Waals surface area contributed by atoms with Gasteiger partial charge in [-0.3, -0.25) is 9.78 Å². The molecule has 0 fully saturated rings. The van der Waals surface area contributed by atoms with Crippen LogP contribution in [0.25, 0.3) is 54.9 Å². The van der Waals surface area contributed by atoms with Crippen molar-refractivity contribution >= 4 is 49.4 Å². The molecule has 0 amide bonds. The molecule has 259 valence electrons. The Balaban J connectivity index is 0.000000260. The molecule has 2 heterocycles. The predicted octanol–water partition coefficient (Wildman–Crippen LogP) is 12.1. The summed E-state index contributed by atoms with van der Waals surface area (Å²) in [5.41, 5.74) is 4.88. The van der Waals surface area contributed by atoms with Gasteiger partial charge in [-0.1, -0.05) is 110 Å². The van der Waals surface area contributed by atoms with Crippen molar-refractivity contribution in [3.63, 3.8) is 0 Å². The number of rotatable bonds is 8. The van der Waals surface area contributed by atoms with Gasteiger partial charge in [0, 0.05) is 48.1 Å². The number of aromatic nitrogens is 2. The minimum atomic E-state index is -0.337. The monoisotopic (exact) mass is 834 g/mol. The number of hydrogen-bond donors (Lipinski definition) is 1. The zero-order chi connectivity index (χ0) is 34.9. The van der Waals surface area contributed by atoms with Crippen molar-refractivity contribution in [1.29, 1.82) is 0 Å². The summed E-state index contributed by atoms with van der Waals surface area (Å²) >= 11 is 0. The maximum Gasteiger partial charge on any atom is 0.164 e. The van der Waals surface area contributed by atoms with E-state index in [1.54, 1.807) is 6.33 Å². The van der Waals surface area contributed by atoms with E-state index in [1.165, 1.54) is 22.4 Å². The van der Waals surface area contributed by atoms with Crippen molar-refractivity contribution < 1.29 is 34.4 Å².